The quantitative estimate of drug-likeness (QED) is 0.701. The Bertz CT molecular complexity index is 337. The van der Waals surface area contributed by atoms with Crippen molar-refractivity contribution in [2.24, 2.45) is 5.92 Å². The second kappa shape index (κ2) is 8.37. The van der Waals surface area contributed by atoms with E-state index in [0.717, 1.165) is 12.5 Å². The van der Waals surface area contributed by atoms with Crippen molar-refractivity contribution >= 4 is 0 Å². The van der Waals surface area contributed by atoms with Gasteiger partial charge in [-0.25, -0.2) is 0 Å². The van der Waals surface area contributed by atoms with Gasteiger partial charge in [0.2, 0.25) is 0 Å². The molecule has 0 bridgehead atoms. The molecule has 1 rings (SSSR count). The summed E-state index contributed by atoms with van der Waals surface area (Å²) >= 11 is 0. The van der Waals surface area contributed by atoms with Gasteiger partial charge in [-0.2, -0.15) is 0 Å². The Morgan fingerprint density at radius 2 is 1.58 bits per heavy atom. The lowest BCUT2D eigenvalue weighted by molar-refractivity contribution is 0.464. The summed E-state index contributed by atoms with van der Waals surface area (Å²) in [6, 6.07) is 9.65. The number of hydrogen-bond acceptors (Lipinski definition) is 1. The van der Waals surface area contributed by atoms with Crippen molar-refractivity contribution in [3.8, 4) is 0 Å². The van der Waals surface area contributed by atoms with E-state index in [1.165, 1.54) is 30.4 Å². The van der Waals surface area contributed by atoms with Crippen molar-refractivity contribution in [3.63, 3.8) is 0 Å². The molecule has 0 fully saturated rings. The molecule has 1 atom stereocenters. The lowest BCUT2D eigenvalue weighted by atomic mass is 9.91. The molecule has 0 aliphatic carbocycles. The highest BCUT2D eigenvalue weighted by atomic mass is 14.9. The van der Waals surface area contributed by atoms with Crippen LogP contribution in [0.1, 0.15) is 64.0 Å². The highest BCUT2D eigenvalue weighted by Crippen LogP contribution is 2.23. The van der Waals surface area contributed by atoms with Gasteiger partial charge in [0.05, 0.1) is 0 Å². The number of rotatable bonds is 8. The van der Waals surface area contributed by atoms with Crippen LogP contribution < -0.4 is 5.32 Å². The number of hydrogen-bond donors (Lipinski definition) is 1. The fraction of sp³-hybridized carbons (Fsp3) is 0.667. The summed E-state index contributed by atoms with van der Waals surface area (Å²) in [5.41, 5.74) is 2.84. The zero-order chi connectivity index (χ0) is 14.3. The molecule has 1 nitrogen and oxygen atoms in total. The molecule has 1 aromatic carbocycles. The lowest BCUT2D eigenvalue weighted by Crippen LogP contribution is -2.28. The number of aryl methyl sites for hydroxylation is 1. The van der Waals surface area contributed by atoms with Crippen molar-refractivity contribution in [2.45, 2.75) is 65.8 Å². The first-order valence-electron chi connectivity index (χ1n) is 7.79. The van der Waals surface area contributed by atoms with Crippen LogP contribution in [-0.2, 0) is 0 Å². The molecule has 0 amide bonds. The van der Waals surface area contributed by atoms with Gasteiger partial charge in [-0.15, -0.1) is 0 Å². The van der Waals surface area contributed by atoms with Gasteiger partial charge in [-0.05, 0) is 30.7 Å². The van der Waals surface area contributed by atoms with Crippen LogP contribution in [-0.4, -0.2) is 12.6 Å². The summed E-state index contributed by atoms with van der Waals surface area (Å²) in [6.45, 7) is 12.3. The van der Waals surface area contributed by atoms with Crippen LogP contribution in [0.5, 0.6) is 0 Å². The second-order valence-electron chi connectivity index (χ2n) is 6.50. The molecule has 1 heteroatoms. The van der Waals surface area contributed by atoms with E-state index >= 15 is 0 Å². The van der Waals surface area contributed by atoms with Gasteiger partial charge in [0.1, 0.15) is 0 Å². The van der Waals surface area contributed by atoms with Gasteiger partial charge >= 0.3 is 0 Å². The first-order chi connectivity index (χ1) is 8.99. The maximum atomic E-state index is 3.60. The zero-order valence-electron chi connectivity index (χ0n) is 13.4. The summed E-state index contributed by atoms with van der Waals surface area (Å²) in [6.07, 6.45) is 3.96. The topological polar surface area (TPSA) is 12.0 Å². The van der Waals surface area contributed by atoms with Gasteiger partial charge in [-0.1, -0.05) is 70.4 Å². The third-order valence-electron chi connectivity index (χ3n) is 3.66. The van der Waals surface area contributed by atoms with Gasteiger partial charge in [-0.3, -0.25) is 0 Å². The monoisotopic (exact) mass is 261 g/mol. The van der Waals surface area contributed by atoms with Crippen molar-refractivity contribution in [1.29, 1.82) is 0 Å². The predicted molar refractivity (Wildman–Crippen MR) is 85.7 cm³/mol. The Balaban J connectivity index is 2.59. The normalized spacial score (nSPS) is 13.2. The molecule has 108 valence electrons. The van der Waals surface area contributed by atoms with Crippen LogP contribution in [0, 0.1) is 12.8 Å². The van der Waals surface area contributed by atoms with Crippen LogP contribution in [0.3, 0.4) is 0 Å². The molecule has 0 radical (unpaired) electrons. The van der Waals surface area contributed by atoms with E-state index in [1.807, 2.05) is 0 Å². The summed E-state index contributed by atoms with van der Waals surface area (Å²) in [4.78, 5) is 0. The molecule has 0 heterocycles. The third-order valence-corrected chi connectivity index (χ3v) is 3.66. The van der Waals surface area contributed by atoms with Crippen LogP contribution in [0.25, 0.3) is 0 Å². The van der Waals surface area contributed by atoms with Crippen LogP contribution in [0.15, 0.2) is 24.3 Å². The Hall–Kier alpha value is -0.820. The van der Waals surface area contributed by atoms with Crippen LogP contribution in [0.2, 0.25) is 0 Å². The minimum atomic E-state index is 0.568. The third kappa shape index (κ3) is 6.77. The molecule has 0 saturated heterocycles. The van der Waals surface area contributed by atoms with E-state index in [4.69, 9.17) is 0 Å². The van der Waals surface area contributed by atoms with E-state index in [2.05, 4.69) is 64.2 Å². The molecule has 0 aliphatic rings. The minimum Gasteiger partial charge on any atom is -0.314 e. The fourth-order valence-corrected chi connectivity index (χ4v) is 2.38. The lowest BCUT2D eigenvalue weighted by Gasteiger charge is -2.20. The summed E-state index contributed by atoms with van der Waals surface area (Å²) in [7, 11) is 0. The molecule has 1 N–H and O–H groups in total. The van der Waals surface area contributed by atoms with Crippen molar-refractivity contribution in [3.05, 3.63) is 35.4 Å². The van der Waals surface area contributed by atoms with Crippen molar-refractivity contribution in [1.82, 2.24) is 5.32 Å². The van der Waals surface area contributed by atoms with E-state index in [0.29, 0.717) is 12.0 Å². The first kappa shape index (κ1) is 16.2. The average molecular weight is 261 g/mol. The second-order valence-corrected chi connectivity index (χ2v) is 6.50. The molecule has 0 saturated carbocycles. The highest BCUT2D eigenvalue weighted by molar-refractivity contribution is 5.24. The summed E-state index contributed by atoms with van der Waals surface area (Å²) in [5.74, 6) is 1.47. The van der Waals surface area contributed by atoms with Crippen LogP contribution >= 0.6 is 0 Å². The molecule has 1 unspecified atom stereocenters. The van der Waals surface area contributed by atoms with E-state index < -0.39 is 0 Å². The van der Waals surface area contributed by atoms with E-state index in [1.54, 1.807) is 0 Å². The standard InChI is InChI=1S/C18H31N/c1-14(2)7-6-8-18(13-19-15(3)4)17-11-9-16(5)10-12-17/h9-12,14-15,18-19H,6-8,13H2,1-5H3. The molecule has 19 heavy (non-hydrogen) atoms. The molecule has 0 aliphatic heterocycles. The average Bonchev–Trinajstić information content (AvgIpc) is 2.34. The van der Waals surface area contributed by atoms with Gasteiger partial charge < -0.3 is 5.32 Å². The van der Waals surface area contributed by atoms with E-state index in [-0.39, 0.29) is 0 Å². The number of benzene rings is 1. The maximum Gasteiger partial charge on any atom is 0.00225 e. The summed E-state index contributed by atoms with van der Waals surface area (Å²) in [5, 5.41) is 3.60. The first-order valence-corrected chi connectivity index (χ1v) is 7.79. The van der Waals surface area contributed by atoms with Gasteiger partial charge in [0.15, 0.2) is 0 Å². The fourth-order valence-electron chi connectivity index (χ4n) is 2.38. The minimum absolute atomic E-state index is 0.568. The largest absolute Gasteiger partial charge is 0.314 e. The SMILES string of the molecule is Cc1ccc(C(CCCC(C)C)CNC(C)C)cc1. The Labute approximate surface area is 119 Å². The Kier molecular flexibility index (Phi) is 7.15. The highest BCUT2D eigenvalue weighted by Gasteiger charge is 2.12. The van der Waals surface area contributed by atoms with Crippen molar-refractivity contribution in [2.75, 3.05) is 6.54 Å². The predicted octanol–water partition coefficient (Wildman–Crippen LogP) is 4.90. The Morgan fingerprint density at radius 3 is 2.11 bits per heavy atom. The molecule has 0 aromatic heterocycles. The van der Waals surface area contributed by atoms with Crippen LogP contribution in [0.4, 0.5) is 0 Å². The molecular weight excluding hydrogens is 230 g/mol. The number of nitrogens with one attached hydrogen (secondary N) is 1. The summed E-state index contributed by atoms with van der Waals surface area (Å²) < 4.78 is 0. The smallest absolute Gasteiger partial charge is 0.00225 e. The van der Waals surface area contributed by atoms with E-state index in [9.17, 15) is 0 Å². The molecule has 0 spiro atoms. The maximum absolute atomic E-state index is 3.60. The molecule has 1 aromatic rings. The van der Waals surface area contributed by atoms with Crippen molar-refractivity contribution < 1.29 is 0 Å². The van der Waals surface area contributed by atoms with Gasteiger partial charge in [0.25, 0.3) is 0 Å². The van der Waals surface area contributed by atoms with Gasteiger partial charge in [0, 0.05) is 12.6 Å². The molecular formula is C18H31N. The Morgan fingerprint density at radius 1 is 0.947 bits per heavy atom. The zero-order valence-corrected chi connectivity index (χ0v) is 13.4.